The number of hydrogen-bond donors (Lipinski definition) is 4. The van der Waals surface area contributed by atoms with Crippen LogP contribution in [0.1, 0.15) is 21.6 Å². The summed E-state index contributed by atoms with van der Waals surface area (Å²) in [4.78, 5) is 32.6. The number of aryl methyl sites for hydroxylation is 1. The number of aromatic nitrogens is 2. The summed E-state index contributed by atoms with van der Waals surface area (Å²) in [6.07, 6.45) is 1.69. The van der Waals surface area contributed by atoms with E-state index < -0.39 is 11.8 Å². The fourth-order valence-electron chi connectivity index (χ4n) is 4.02. The first-order valence-corrected chi connectivity index (χ1v) is 10.9. The molecule has 170 valence electrons. The molecule has 9 heteroatoms. The standard InChI is InChI=1S/C25H20FN5O2S/c1-14-12-27-23(29-14)19-10-9-17(20-13-28-24(32)22(19)20)18-8-7-16(11-21(18)26)31(34)25(33)30-15-5-3-2-4-6-15/h2-12,34H,13H2,1H3,(H,27,29)(H,28,32)(H,30,33). The first-order chi connectivity index (χ1) is 16.4. The van der Waals surface area contributed by atoms with Gasteiger partial charge in [0.1, 0.15) is 11.6 Å². The number of nitrogens with one attached hydrogen (secondary N) is 3. The second kappa shape index (κ2) is 8.68. The Hall–Kier alpha value is -4.11. The first-order valence-electron chi connectivity index (χ1n) is 10.5. The highest BCUT2D eigenvalue weighted by molar-refractivity contribution is 7.82. The average Bonchev–Trinajstić information content (AvgIpc) is 3.45. The third-order valence-corrected chi connectivity index (χ3v) is 6.04. The number of fused-ring (bicyclic) bond motifs is 1. The van der Waals surface area contributed by atoms with Gasteiger partial charge < -0.3 is 15.6 Å². The summed E-state index contributed by atoms with van der Waals surface area (Å²) in [6, 6.07) is 16.4. The van der Waals surface area contributed by atoms with Crippen molar-refractivity contribution in [1.82, 2.24) is 15.3 Å². The SMILES string of the molecule is Cc1cnc(-c2ccc(-c3ccc(N(S)C(=O)Nc4ccccc4)cc3F)c3c2C(=O)NC3)[nH]1. The van der Waals surface area contributed by atoms with Gasteiger partial charge in [-0.3, -0.25) is 4.79 Å². The van der Waals surface area contributed by atoms with Crippen molar-refractivity contribution in [1.29, 1.82) is 0 Å². The van der Waals surface area contributed by atoms with E-state index in [2.05, 4.69) is 33.4 Å². The Labute approximate surface area is 200 Å². The highest BCUT2D eigenvalue weighted by atomic mass is 32.1. The first kappa shape index (κ1) is 21.7. The number of halogens is 1. The molecule has 5 rings (SSSR count). The number of carbonyl (C=O) groups is 2. The molecule has 3 aromatic carbocycles. The van der Waals surface area contributed by atoms with E-state index in [0.717, 1.165) is 10.00 Å². The van der Waals surface area contributed by atoms with Crippen molar-refractivity contribution in [3.8, 4) is 22.5 Å². The lowest BCUT2D eigenvalue weighted by Gasteiger charge is -2.18. The van der Waals surface area contributed by atoms with E-state index in [4.69, 9.17) is 0 Å². The molecular formula is C25H20FN5O2S. The molecule has 0 saturated carbocycles. The van der Waals surface area contributed by atoms with Crippen molar-refractivity contribution >= 4 is 36.1 Å². The van der Waals surface area contributed by atoms with Crippen molar-refractivity contribution in [2.24, 2.45) is 0 Å². The summed E-state index contributed by atoms with van der Waals surface area (Å²) in [6.45, 7) is 2.17. The zero-order chi connectivity index (χ0) is 23.8. The third kappa shape index (κ3) is 3.90. The van der Waals surface area contributed by atoms with Gasteiger partial charge in [-0.2, -0.15) is 0 Å². The van der Waals surface area contributed by atoms with E-state index in [1.807, 2.05) is 13.0 Å². The lowest BCUT2D eigenvalue weighted by molar-refractivity contribution is 0.0966. The second-order valence-electron chi connectivity index (χ2n) is 7.88. The van der Waals surface area contributed by atoms with E-state index in [1.165, 1.54) is 6.07 Å². The third-order valence-electron chi connectivity index (χ3n) is 5.63. The predicted octanol–water partition coefficient (Wildman–Crippen LogP) is 5.32. The molecule has 7 nitrogen and oxygen atoms in total. The maximum Gasteiger partial charge on any atom is 0.336 e. The van der Waals surface area contributed by atoms with Crippen LogP contribution in [-0.2, 0) is 6.54 Å². The quantitative estimate of drug-likeness (QED) is 0.303. The number of thiol groups is 1. The summed E-state index contributed by atoms with van der Waals surface area (Å²) in [5, 5.41) is 5.52. The van der Waals surface area contributed by atoms with E-state index >= 15 is 4.39 Å². The fraction of sp³-hybridized carbons (Fsp3) is 0.0800. The monoisotopic (exact) mass is 473 g/mol. The molecule has 1 aliphatic heterocycles. The van der Waals surface area contributed by atoms with Gasteiger partial charge in [0.25, 0.3) is 5.91 Å². The van der Waals surface area contributed by atoms with Crippen molar-refractivity contribution in [3.63, 3.8) is 0 Å². The number of para-hydroxylation sites is 1. The molecule has 34 heavy (non-hydrogen) atoms. The van der Waals surface area contributed by atoms with Gasteiger partial charge in [-0.05, 0) is 54.4 Å². The number of benzene rings is 3. The molecule has 2 heterocycles. The summed E-state index contributed by atoms with van der Waals surface area (Å²) < 4.78 is 16.3. The van der Waals surface area contributed by atoms with Crippen molar-refractivity contribution < 1.29 is 14.0 Å². The van der Waals surface area contributed by atoms with Crippen LogP contribution in [0.25, 0.3) is 22.5 Å². The van der Waals surface area contributed by atoms with Crippen LogP contribution in [0.4, 0.5) is 20.6 Å². The number of hydrogen-bond acceptors (Lipinski definition) is 4. The number of aromatic amines is 1. The lowest BCUT2D eigenvalue weighted by atomic mass is 9.92. The molecule has 3 amide bonds. The number of anilines is 2. The molecule has 0 aliphatic carbocycles. The molecule has 1 aromatic heterocycles. The Morgan fingerprint density at radius 3 is 2.53 bits per heavy atom. The highest BCUT2D eigenvalue weighted by Crippen LogP contribution is 2.37. The van der Waals surface area contributed by atoms with Crippen LogP contribution in [0, 0.1) is 12.7 Å². The van der Waals surface area contributed by atoms with E-state index in [1.54, 1.807) is 54.7 Å². The lowest BCUT2D eigenvalue weighted by Crippen LogP contribution is -2.26. The molecule has 4 aromatic rings. The van der Waals surface area contributed by atoms with Crippen LogP contribution >= 0.6 is 12.8 Å². The topological polar surface area (TPSA) is 90.1 Å². The van der Waals surface area contributed by atoms with Crippen molar-refractivity contribution in [2.45, 2.75) is 13.5 Å². The zero-order valence-corrected chi connectivity index (χ0v) is 19.0. The van der Waals surface area contributed by atoms with Gasteiger partial charge >= 0.3 is 6.03 Å². The number of carbonyl (C=O) groups excluding carboxylic acids is 2. The number of imidazole rings is 1. The molecule has 0 bridgehead atoms. The Bertz CT molecular complexity index is 1420. The van der Waals surface area contributed by atoms with Gasteiger partial charge in [-0.1, -0.05) is 37.1 Å². The fourth-order valence-corrected chi connectivity index (χ4v) is 4.19. The minimum absolute atomic E-state index is 0.225. The van der Waals surface area contributed by atoms with Crippen LogP contribution in [0.3, 0.4) is 0 Å². The van der Waals surface area contributed by atoms with E-state index in [-0.39, 0.29) is 18.1 Å². The normalized spacial score (nSPS) is 12.3. The highest BCUT2D eigenvalue weighted by Gasteiger charge is 2.28. The minimum atomic E-state index is -0.535. The van der Waals surface area contributed by atoms with Gasteiger partial charge in [0.05, 0.1) is 11.3 Å². The van der Waals surface area contributed by atoms with Gasteiger partial charge in [0.2, 0.25) is 0 Å². The van der Waals surface area contributed by atoms with E-state index in [9.17, 15) is 9.59 Å². The minimum Gasteiger partial charge on any atom is -0.348 e. The number of H-pyrrole nitrogens is 1. The van der Waals surface area contributed by atoms with Crippen LogP contribution < -0.4 is 14.9 Å². The molecule has 0 fully saturated rings. The Kier molecular flexibility index (Phi) is 5.54. The smallest absolute Gasteiger partial charge is 0.336 e. The number of rotatable bonds is 4. The predicted molar refractivity (Wildman–Crippen MR) is 132 cm³/mol. The van der Waals surface area contributed by atoms with Crippen LogP contribution in [0.2, 0.25) is 0 Å². The molecule has 1 aliphatic rings. The van der Waals surface area contributed by atoms with Crippen LogP contribution in [0.5, 0.6) is 0 Å². The number of amides is 3. The number of urea groups is 1. The van der Waals surface area contributed by atoms with Crippen molar-refractivity contribution in [3.05, 3.63) is 89.5 Å². The number of nitrogens with zero attached hydrogens (tertiary/aromatic N) is 2. The van der Waals surface area contributed by atoms with E-state index in [0.29, 0.717) is 39.3 Å². The van der Waals surface area contributed by atoms with Crippen LogP contribution in [-0.4, -0.2) is 21.9 Å². The zero-order valence-electron chi connectivity index (χ0n) is 18.1. The average molecular weight is 474 g/mol. The van der Waals surface area contributed by atoms with Crippen LogP contribution in [0.15, 0.2) is 66.9 Å². The Balaban J connectivity index is 1.47. The molecule has 0 spiro atoms. The maximum atomic E-state index is 15.3. The largest absolute Gasteiger partial charge is 0.348 e. The molecule has 0 radical (unpaired) electrons. The summed E-state index contributed by atoms with van der Waals surface area (Å²) in [7, 11) is 0. The molecule has 0 unspecified atom stereocenters. The Morgan fingerprint density at radius 1 is 1.09 bits per heavy atom. The van der Waals surface area contributed by atoms with Crippen molar-refractivity contribution in [2.75, 3.05) is 9.62 Å². The van der Waals surface area contributed by atoms with Gasteiger partial charge in [0.15, 0.2) is 0 Å². The summed E-state index contributed by atoms with van der Waals surface area (Å²) in [5.41, 5.74) is 4.52. The van der Waals surface area contributed by atoms with Gasteiger partial charge in [-0.25, -0.2) is 18.5 Å². The Morgan fingerprint density at radius 2 is 1.82 bits per heavy atom. The van der Waals surface area contributed by atoms with Gasteiger partial charge in [-0.15, -0.1) is 0 Å². The molecular weight excluding hydrogens is 453 g/mol. The summed E-state index contributed by atoms with van der Waals surface area (Å²) >= 11 is 4.24. The summed E-state index contributed by atoms with van der Waals surface area (Å²) in [5.74, 6) is -0.174. The molecule has 3 N–H and O–H groups in total. The molecule has 0 atom stereocenters. The molecule has 0 saturated heterocycles. The maximum absolute atomic E-state index is 15.3. The second-order valence-corrected chi connectivity index (χ2v) is 8.28. The van der Waals surface area contributed by atoms with Gasteiger partial charge in [0, 0.05) is 35.2 Å².